The van der Waals surface area contributed by atoms with E-state index in [1.54, 1.807) is 0 Å². The molecule has 1 aliphatic carbocycles. The van der Waals surface area contributed by atoms with Crippen LogP contribution in [0, 0.1) is 17.8 Å². The van der Waals surface area contributed by atoms with Crippen molar-refractivity contribution >= 4 is 0 Å². The largest absolute Gasteiger partial charge is 0.375 e. The molecule has 0 heterocycles. The minimum atomic E-state index is -2.35. The molecule has 1 saturated carbocycles. The first-order valence-electron chi connectivity index (χ1n) is 8.13. The van der Waals surface area contributed by atoms with Crippen molar-refractivity contribution in [1.29, 1.82) is 0 Å². The van der Waals surface area contributed by atoms with E-state index in [2.05, 4.69) is 26.1 Å². The van der Waals surface area contributed by atoms with Crippen molar-refractivity contribution in [2.75, 3.05) is 19.8 Å². The summed E-state index contributed by atoms with van der Waals surface area (Å²) in [6, 6.07) is 0.419. The average Bonchev–Trinajstić information content (AvgIpc) is 2.41. The Morgan fingerprint density at radius 1 is 1.20 bits per heavy atom. The van der Waals surface area contributed by atoms with Crippen LogP contribution in [-0.2, 0) is 4.74 Å². The number of hydrogen-bond acceptors (Lipinski definition) is 2. The minimum absolute atomic E-state index is 0.419. The molecule has 4 heteroatoms. The predicted octanol–water partition coefficient (Wildman–Crippen LogP) is 4.10. The molecule has 4 unspecified atom stereocenters. The first kappa shape index (κ1) is 17.8. The van der Waals surface area contributed by atoms with Gasteiger partial charge in [0.05, 0.1) is 0 Å². The van der Waals surface area contributed by atoms with Crippen LogP contribution in [0.2, 0.25) is 0 Å². The number of rotatable bonds is 9. The Morgan fingerprint density at radius 2 is 1.95 bits per heavy atom. The Hall–Kier alpha value is -0.220. The van der Waals surface area contributed by atoms with E-state index in [-0.39, 0.29) is 0 Å². The fraction of sp³-hybridized carbons (Fsp3) is 1.00. The summed E-state index contributed by atoms with van der Waals surface area (Å²) in [5, 5.41) is 3.60. The molecule has 0 aromatic rings. The van der Waals surface area contributed by atoms with E-state index < -0.39 is 13.0 Å². The van der Waals surface area contributed by atoms with Gasteiger partial charge < -0.3 is 10.1 Å². The van der Waals surface area contributed by atoms with Gasteiger partial charge in [-0.25, -0.2) is 8.78 Å². The fourth-order valence-electron chi connectivity index (χ4n) is 3.17. The quantitative estimate of drug-likeness (QED) is 0.646. The molecule has 0 radical (unpaired) electrons. The second-order valence-electron chi connectivity index (χ2n) is 6.34. The van der Waals surface area contributed by atoms with E-state index in [0.717, 1.165) is 31.2 Å². The van der Waals surface area contributed by atoms with E-state index in [4.69, 9.17) is 4.74 Å². The number of alkyl halides is 2. The molecular formula is C16H31F2NO. The molecule has 1 aliphatic rings. The highest BCUT2D eigenvalue weighted by molar-refractivity contribution is 4.83. The van der Waals surface area contributed by atoms with Gasteiger partial charge in [0.1, 0.15) is 6.61 Å². The molecule has 0 saturated heterocycles. The summed E-state index contributed by atoms with van der Waals surface area (Å²) in [6.07, 6.45) is 3.38. The van der Waals surface area contributed by atoms with Gasteiger partial charge in [0.2, 0.25) is 0 Å². The highest BCUT2D eigenvalue weighted by Crippen LogP contribution is 2.35. The van der Waals surface area contributed by atoms with Crippen molar-refractivity contribution in [1.82, 2.24) is 5.32 Å². The Balaban J connectivity index is 2.38. The van der Waals surface area contributed by atoms with Gasteiger partial charge in [0.15, 0.2) is 0 Å². The molecule has 20 heavy (non-hydrogen) atoms. The summed E-state index contributed by atoms with van der Waals surface area (Å²) < 4.78 is 29.2. The highest BCUT2D eigenvalue weighted by Gasteiger charge is 2.29. The van der Waals surface area contributed by atoms with Crippen molar-refractivity contribution in [3.63, 3.8) is 0 Å². The second-order valence-corrected chi connectivity index (χ2v) is 6.34. The van der Waals surface area contributed by atoms with E-state index in [9.17, 15) is 8.78 Å². The smallest absolute Gasteiger partial charge is 0.261 e. The third-order valence-electron chi connectivity index (χ3n) is 4.68. The van der Waals surface area contributed by atoms with Crippen LogP contribution < -0.4 is 5.32 Å². The minimum Gasteiger partial charge on any atom is -0.375 e. The molecule has 1 rings (SSSR count). The molecule has 0 aliphatic heterocycles. The van der Waals surface area contributed by atoms with Crippen LogP contribution >= 0.6 is 0 Å². The zero-order valence-corrected chi connectivity index (χ0v) is 13.2. The predicted molar refractivity (Wildman–Crippen MR) is 79.2 cm³/mol. The van der Waals surface area contributed by atoms with Gasteiger partial charge in [0, 0.05) is 12.6 Å². The maximum absolute atomic E-state index is 12.1. The summed E-state index contributed by atoms with van der Waals surface area (Å²) in [4.78, 5) is 0. The Labute approximate surface area is 122 Å². The molecule has 0 bridgehead atoms. The van der Waals surface area contributed by atoms with Gasteiger partial charge in [-0.3, -0.25) is 0 Å². The van der Waals surface area contributed by atoms with Crippen molar-refractivity contribution in [2.45, 2.75) is 65.3 Å². The summed E-state index contributed by atoms with van der Waals surface area (Å²) in [5.41, 5.74) is 0. The molecular weight excluding hydrogens is 260 g/mol. The van der Waals surface area contributed by atoms with Gasteiger partial charge in [0.25, 0.3) is 6.43 Å². The SMILES string of the molecule is CCCNC(CCOCC(F)F)C1CCC(C)C(C)C1. The average molecular weight is 291 g/mol. The van der Waals surface area contributed by atoms with Gasteiger partial charge in [-0.1, -0.05) is 27.2 Å². The van der Waals surface area contributed by atoms with E-state index in [0.29, 0.717) is 18.6 Å². The van der Waals surface area contributed by atoms with Crippen LogP contribution in [0.25, 0.3) is 0 Å². The maximum Gasteiger partial charge on any atom is 0.261 e. The lowest BCUT2D eigenvalue weighted by Gasteiger charge is -2.37. The fourth-order valence-corrected chi connectivity index (χ4v) is 3.17. The van der Waals surface area contributed by atoms with E-state index in [1.807, 2.05) is 0 Å². The van der Waals surface area contributed by atoms with Crippen LogP contribution in [0.1, 0.15) is 52.9 Å². The topological polar surface area (TPSA) is 21.3 Å². The Bertz CT molecular complexity index is 251. The first-order chi connectivity index (χ1) is 9.54. The van der Waals surface area contributed by atoms with E-state index in [1.165, 1.54) is 19.3 Å². The molecule has 1 N–H and O–H groups in total. The number of hydrogen-bond donors (Lipinski definition) is 1. The van der Waals surface area contributed by atoms with Gasteiger partial charge in [-0.05, 0) is 50.0 Å². The first-order valence-corrected chi connectivity index (χ1v) is 8.13. The third-order valence-corrected chi connectivity index (χ3v) is 4.68. The highest BCUT2D eigenvalue weighted by atomic mass is 19.3. The summed E-state index contributed by atoms with van der Waals surface area (Å²) in [5.74, 6) is 2.25. The molecule has 1 fully saturated rings. The van der Waals surface area contributed by atoms with Crippen molar-refractivity contribution < 1.29 is 13.5 Å². The monoisotopic (exact) mass is 291 g/mol. The molecule has 0 aromatic heterocycles. The number of halogens is 2. The standard InChI is InChI=1S/C16H31F2NO/c1-4-8-19-15(7-9-20-11-16(17)18)14-6-5-12(2)13(3)10-14/h12-16,19H,4-11H2,1-3H3. The summed E-state index contributed by atoms with van der Waals surface area (Å²) in [7, 11) is 0. The molecule has 4 atom stereocenters. The maximum atomic E-state index is 12.1. The lowest BCUT2D eigenvalue weighted by Crippen LogP contribution is -2.40. The van der Waals surface area contributed by atoms with Crippen LogP contribution in [0.15, 0.2) is 0 Å². The van der Waals surface area contributed by atoms with Crippen LogP contribution in [0.4, 0.5) is 8.78 Å². The Morgan fingerprint density at radius 3 is 2.55 bits per heavy atom. The zero-order valence-electron chi connectivity index (χ0n) is 13.2. The van der Waals surface area contributed by atoms with Crippen LogP contribution in [0.3, 0.4) is 0 Å². The Kier molecular flexibility index (Phi) is 8.62. The third kappa shape index (κ3) is 6.49. The lowest BCUT2D eigenvalue weighted by molar-refractivity contribution is 0.0111. The van der Waals surface area contributed by atoms with Crippen LogP contribution in [-0.4, -0.2) is 32.2 Å². The van der Waals surface area contributed by atoms with Gasteiger partial charge >= 0.3 is 0 Å². The van der Waals surface area contributed by atoms with Crippen molar-refractivity contribution in [2.24, 2.45) is 17.8 Å². The van der Waals surface area contributed by atoms with Crippen molar-refractivity contribution in [3.8, 4) is 0 Å². The summed E-state index contributed by atoms with van der Waals surface area (Å²) >= 11 is 0. The molecule has 120 valence electrons. The molecule has 0 amide bonds. The zero-order chi connectivity index (χ0) is 15.0. The number of ether oxygens (including phenoxy) is 1. The molecule has 2 nitrogen and oxygen atoms in total. The molecule has 0 aromatic carbocycles. The normalized spacial score (nSPS) is 28.8. The van der Waals surface area contributed by atoms with E-state index >= 15 is 0 Å². The van der Waals surface area contributed by atoms with Gasteiger partial charge in [-0.2, -0.15) is 0 Å². The molecule has 0 spiro atoms. The van der Waals surface area contributed by atoms with Gasteiger partial charge in [-0.15, -0.1) is 0 Å². The summed E-state index contributed by atoms with van der Waals surface area (Å²) in [6.45, 7) is 7.83. The second kappa shape index (κ2) is 9.67. The lowest BCUT2D eigenvalue weighted by atomic mass is 9.72. The van der Waals surface area contributed by atoms with Crippen molar-refractivity contribution in [3.05, 3.63) is 0 Å². The number of nitrogens with one attached hydrogen (secondary N) is 1. The van der Waals surface area contributed by atoms with Crippen LogP contribution in [0.5, 0.6) is 0 Å².